The summed E-state index contributed by atoms with van der Waals surface area (Å²) < 4.78 is 9.11. The standard InChI is InChI=1S/C47H31N3O/c1-3-14-32(15-4-1)34-19-13-20-38(30-34)49(36-26-28-37(29-27-36)50-42-24-11-9-22-40(42)41-23-10-12-25-43(41)50)44-31-35-18-7-8-21-39(35)45-46(44)51-47(48-45)33-16-5-2-6-17-33/h1-31H. The van der Waals surface area contributed by atoms with Crippen molar-refractivity contribution in [2.24, 2.45) is 0 Å². The SMILES string of the molecule is c1ccc(-c2cccc(N(c3ccc(-n4c5ccccc5c5ccccc54)cc3)c3cc4ccccc4c4nc(-c5ccccc5)oc34)c2)cc1. The summed E-state index contributed by atoms with van der Waals surface area (Å²) >= 11 is 0. The molecule has 240 valence electrons. The van der Waals surface area contributed by atoms with E-state index in [4.69, 9.17) is 9.40 Å². The third-order valence-corrected chi connectivity index (χ3v) is 9.79. The van der Waals surface area contributed by atoms with Crippen molar-refractivity contribution in [1.29, 1.82) is 0 Å². The van der Waals surface area contributed by atoms with Crippen LogP contribution in [0, 0.1) is 0 Å². The number of anilines is 3. The van der Waals surface area contributed by atoms with E-state index in [1.165, 1.54) is 21.8 Å². The Bertz CT molecular complexity index is 2800. The van der Waals surface area contributed by atoms with Crippen LogP contribution < -0.4 is 4.90 Å². The second-order valence-electron chi connectivity index (χ2n) is 12.8. The lowest BCUT2D eigenvalue weighted by atomic mass is 10.0. The molecule has 10 rings (SSSR count). The molecule has 0 aliphatic heterocycles. The van der Waals surface area contributed by atoms with Gasteiger partial charge in [-0.2, -0.15) is 0 Å². The van der Waals surface area contributed by atoms with E-state index in [0.717, 1.165) is 61.3 Å². The van der Waals surface area contributed by atoms with Gasteiger partial charge in [0.1, 0.15) is 5.52 Å². The van der Waals surface area contributed by atoms with Crippen molar-refractivity contribution < 1.29 is 4.42 Å². The molecule has 4 nitrogen and oxygen atoms in total. The van der Waals surface area contributed by atoms with Gasteiger partial charge in [-0.25, -0.2) is 4.98 Å². The summed E-state index contributed by atoms with van der Waals surface area (Å²) in [4.78, 5) is 7.42. The van der Waals surface area contributed by atoms with Gasteiger partial charge in [-0.1, -0.05) is 121 Å². The molecule has 0 aliphatic rings. The average Bonchev–Trinajstić information content (AvgIpc) is 3.80. The molecule has 4 heteroatoms. The normalized spacial score (nSPS) is 11.5. The summed E-state index contributed by atoms with van der Waals surface area (Å²) in [5.41, 5.74) is 11.3. The van der Waals surface area contributed by atoms with Gasteiger partial charge < -0.3 is 13.9 Å². The Kier molecular flexibility index (Phi) is 6.78. The molecule has 0 atom stereocenters. The summed E-state index contributed by atoms with van der Waals surface area (Å²) in [6, 6.07) is 66.1. The number of nitrogens with zero attached hydrogens (tertiary/aromatic N) is 3. The van der Waals surface area contributed by atoms with E-state index < -0.39 is 0 Å². The zero-order valence-corrected chi connectivity index (χ0v) is 27.6. The predicted molar refractivity (Wildman–Crippen MR) is 211 cm³/mol. The van der Waals surface area contributed by atoms with Gasteiger partial charge in [-0.3, -0.25) is 0 Å². The van der Waals surface area contributed by atoms with Gasteiger partial charge >= 0.3 is 0 Å². The average molecular weight is 654 g/mol. The van der Waals surface area contributed by atoms with Crippen molar-refractivity contribution in [1.82, 2.24) is 9.55 Å². The number of hydrogen-bond donors (Lipinski definition) is 0. The summed E-state index contributed by atoms with van der Waals surface area (Å²) in [6.07, 6.45) is 0. The van der Waals surface area contributed by atoms with Crippen LogP contribution in [0.4, 0.5) is 17.1 Å². The highest BCUT2D eigenvalue weighted by Gasteiger charge is 2.23. The molecule has 2 heterocycles. The minimum atomic E-state index is 0.600. The van der Waals surface area contributed by atoms with Crippen molar-refractivity contribution in [2.75, 3.05) is 4.90 Å². The molecular formula is C47H31N3O. The molecule has 0 bridgehead atoms. The Hall–Kier alpha value is -6.91. The van der Waals surface area contributed by atoms with Gasteiger partial charge in [0.15, 0.2) is 5.58 Å². The van der Waals surface area contributed by atoms with Crippen molar-refractivity contribution >= 4 is 60.7 Å². The van der Waals surface area contributed by atoms with Gasteiger partial charge in [0.05, 0.1) is 16.7 Å². The minimum Gasteiger partial charge on any atom is -0.434 e. The second kappa shape index (κ2) is 11.9. The van der Waals surface area contributed by atoms with E-state index in [9.17, 15) is 0 Å². The number of rotatable bonds is 6. The number of para-hydroxylation sites is 2. The lowest BCUT2D eigenvalue weighted by Gasteiger charge is -2.26. The predicted octanol–water partition coefficient (Wildman–Crippen LogP) is 12.9. The zero-order valence-electron chi connectivity index (χ0n) is 27.6. The molecule has 8 aromatic carbocycles. The Morgan fingerprint density at radius 2 is 1.04 bits per heavy atom. The van der Waals surface area contributed by atoms with E-state index in [1.807, 2.05) is 30.3 Å². The fourth-order valence-electron chi connectivity index (χ4n) is 7.43. The molecule has 51 heavy (non-hydrogen) atoms. The maximum absolute atomic E-state index is 6.75. The Balaban J connectivity index is 1.21. The molecule has 0 aliphatic carbocycles. The highest BCUT2D eigenvalue weighted by Crippen LogP contribution is 2.44. The van der Waals surface area contributed by atoms with Gasteiger partial charge in [0, 0.05) is 38.8 Å². The fraction of sp³-hybridized carbons (Fsp3) is 0. The van der Waals surface area contributed by atoms with E-state index in [0.29, 0.717) is 5.89 Å². The van der Waals surface area contributed by atoms with Crippen LogP contribution in [0.5, 0.6) is 0 Å². The Morgan fingerprint density at radius 1 is 0.451 bits per heavy atom. The maximum Gasteiger partial charge on any atom is 0.227 e. The van der Waals surface area contributed by atoms with Gasteiger partial charge in [0.25, 0.3) is 0 Å². The largest absolute Gasteiger partial charge is 0.434 e. The molecule has 0 amide bonds. The van der Waals surface area contributed by atoms with Gasteiger partial charge in [-0.05, 0) is 83.2 Å². The first kappa shape index (κ1) is 29.0. The maximum atomic E-state index is 6.75. The van der Waals surface area contributed by atoms with Crippen LogP contribution in [0.15, 0.2) is 192 Å². The monoisotopic (exact) mass is 653 g/mol. The zero-order chi connectivity index (χ0) is 33.7. The van der Waals surface area contributed by atoms with Crippen LogP contribution in [0.25, 0.3) is 71.9 Å². The first-order chi connectivity index (χ1) is 25.3. The van der Waals surface area contributed by atoms with E-state index in [1.54, 1.807) is 0 Å². The number of fused-ring (bicyclic) bond motifs is 6. The molecule has 0 unspecified atom stereocenters. The molecule has 0 saturated carbocycles. The lowest BCUT2D eigenvalue weighted by molar-refractivity contribution is 0.620. The van der Waals surface area contributed by atoms with Crippen LogP contribution in [0.1, 0.15) is 0 Å². The molecule has 0 radical (unpaired) electrons. The molecular weight excluding hydrogens is 623 g/mol. The molecule has 0 N–H and O–H groups in total. The van der Waals surface area contributed by atoms with Crippen molar-refractivity contribution in [3.63, 3.8) is 0 Å². The third-order valence-electron chi connectivity index (χ3n) is 9.79. The van der Waals surface area contributed by atoms with Crippen molar-refractivity contribution in [2.45, 2.75) is 0 Å². The molecule has 10 aromatic rings. The van der Waals surface area contributed by atoms with Crippen LogP contribution in [-0.4, -0.2) is 9.55 Å². The number of benzene rings is 8. The summed E-state index contributed by atoms with van der Waals surface area (Å²) in [5.74, 6) is 0.600. The van der Waals surface area contributed by atoms with Gasteiger partial charge in [-0.15, -0.1) is 0 Å². The third kappa shape index (κ3) is 4.88. The topological polar surface area (TPSA) is 34.2 Å². The molecule has 0 spiro atoms. The lowest BCUT2D eigenvalue weighted by Crippen LogP contribution is -2.11. The van der Waals surface area contributed by atoms with E-state index in [-0.39, 0.29) is 0 Å². The van der Waals surface area contributed by atoms with Crippen LogP contribution in [0.2, 0.25) is 0 Å². The Morgan fingerprint density at radius 3 is 1.75 bits per heavy atom. The summed E-state index contributed by atoms with van der Waals surface area (Å²) in [7, 11) is 0. The molecule has 0 saturated heterocycles. The fourth-order valence-corrected chi connectivity index (χ4v) is 7.43. The molecule has 2 aromatic heterocycles. The summed E-state index contributed by atoms with van der Waals surface area (Å²) in [6.45, 7) is 0. The van der Waals surface area contributed by atoms with Crippen LogP contribution >= 0.6 is 0 Å². The number of aromatic nitrogens is 2. The quantitative estimate of drug-likeness (QED) is 0.179. The number of hydrogen-bond acceptors (Lipinski definition) is 3. The minimum absolute atomic E-state index is 0.600. The highest BCUT2D eigenvalue weighted by atomic mass is 16.3. The van der Waals surface area contributed by atoms with Crippen molar-refractivity contribution in [3.8, 4) is 28.3 Å². The molecule has 0 fully saturated rings. The first-order valence-corrected chi connectivity index (χ1v) is 17.2. The van der Waals surface area contributed by atoms with Gasteiger partial charge in [0.2, 0.25) is 5.89 Å². The summed E-state index contributed by atoms with van der Waals surface area (Å²) in [5, 5.41) is 4.64. The first-order valence-electron chi connectivity index (χ1n) is 17.2. The highest BCUT2D eigenvalue weighted by molar-refractivity contribution is 6.12. The second-order valence-corrected chi connectivity index (χ2v) is 12.8. The van der Waals surface area contributed by atoms with E-state index >= 15 is 0 Å². The van der Waals surface area contributed by atoms with Crippen LogP contribution in [-0.2, 0) is 0 Å². The van der Waals surface area contributed by atoms with Crippen molar-refractivity contribution in [3.05, 3.63) is 188 Å². The van der Waals surface area contributed by atoms with E-state index in [2.05, 4.69) is 167 Å². The number of oxazole rings is 1. The smallest absolute Gasteiger partial charge is 0.227 e. The Labute approximate surface area is 295 Å². The van der Waals surface area contributed by atoms with Crippen LogP contribution in [0.3, 0.4) is 0 Å².